The van der Waals surface area contributed by atoms with Crippen molar-refractivity contribution in [3.05, 3.63) is 63.7 Å². The highest BCUT2D eigenvalue weighted by atomic mass is 79.9. The molecule has 25 heavy (non-hydrogen) atoms. The fourth-order valence-electron chi connectivity index (χ4n) is 2.28. The molecule has 2 heterocycles. The maximum absolute atomic E-state index is 13.2. The van der Waals surface area contributed by atoms with Gasteiger partial charge in [0.25, 0.3) is 5.91 Å². The number of benzene rings is 1. The van der Waals surface area contributed by atoms with Crippen LogP contribution in [-0.2, 0) is 6.67 Å². The summed E-state index contributed by atoms with van der Waals surface area (Å²) in [5, 5.41) is 11.0. The van der Waals surface area contributed by atoms with E-state index in [1.54, 1.807) is 15.6 Å². The van der Waals surface area contributed by atoms with Crippen LogP contribution in [0, 0.1) is 25.5 Å². The molecule has 0 aliphatic rings. The molecular weight excluding hydrogens is 396 g/mol. The van der Waals surface area contributed by atoms with E-state index in [0.29, 0.717) is 6.67 Å². The molecule has 0 saturated heterocycles. The standard InChI is InChI=1S/C16H14BrF2N5O/c1-9-15(17)10(2)24(21-9)8-23-6-5-14(22-23)16(25)20-11-3-4-12(18)13(19)7-11/h3-7H,8H2,1-2H3,(H,20,25). The predicted octanol–water partition coefficient (Wildman–Crippen LogP) is 3.50. The van der Waals surface area contributed by atoms with Crippen molar-refractivity contribution < 1.29 is 13.6 Å². The van der Waals surface area contributed by atoms with Gasteiger partial charge in [-0.25, -0.2) is 13.5 Å². The summed E-state index contributed by atoms with van der Waals surface area (Å²) in [6, 6.07) is 4.68. The van der Waals surface area contributed by atoms with Crippen LogP contribution in [0.4, 0.5) is 14.5 Å². The third-order valence-corrected chi connectivity index (χ3v) is 4.77. The normalized spacial score (nSPS) is 10.9. The molecule has 0 fully saturated rings. The Kier molecular flexibility index (Phi) is 4.67. The van der Waals surface area contributed by atoms with Gasteiger partial charge in [0, 0.05) is 18.0 Å². The van der Waals surface area contributed by atoms with Gasteiger partial charge in [-0.05, 0) is 48.0 Å². The first-order valence-corrected chi connectivity index (χ1v) is 8.14. The summed E-state index contributed by atoms with van der Waals surface area (Å²) >= 11 is 3.46. The molecular formula is C16H14BrF2N5O. The van der Waals surface area contributed by atoms with Gasteiger partial charge < -0.3 is 5.32 Å². The van der Waals surface area contributed by atoms with Crippen LogP contribution in [0.15, 0.2) is 34.9 Å². The number of aryl methyl sites for hydroxylation is 1. The first-order chi connectivity index (χ1) is 11.8. The lowest BCUT2D eigenvalue weighted by Crippen LogP contribution is -2.15. The number of nitrogens with zero attached hydrogens (tertiary/aromatic N) is 4. The highest BCUT2D eigenvalue weighted by Crippen LogP contribution is 2.19. The fourth-order valence-corrected chi connectivity index (χ4v) is 2.56. The smallest absolute Gasteiger partial charge is 0.276 e. The molecule has 3 rings (SSSR count). The Morgan fingerprint density at radius 2 is 1.96 bits per heavy atom. The summed E-state index contributed by atoms with van der Waals surface area (Å²) in [6.07, 6.45) is 1.64. The summed E-state index contributed by atoms with van der Waals surface area (Å²) in [6.45, 7) is 4.15. The van der Waals surface area contributed by atoms with E-state index in [2.05, 4.69) is 31.4 Å². The monoisotopic (exact) mass is 409 g/mol. The molecule has 0 bridgehead atoms. The average molecular weight is 410 g/mol. The lowest BCUT2D eigenvalue weighted by Gasteiger charge is -2.05. The van der Waals surface area contributed by atoms with E-state index in [4.69, 9.17) is 0 Å². The second kappa shape index (κ2) is 6.75. The van der Waals surface area contributed by atoms with Gasteiger partial charge in [0.2, 0.25) is 0 Å². The Morgan fingerprint density at radius 3 is 2.60 bits per heavy atom. The number of rotatable bonds is 4. The Balaban J connectivity index is 1.73. The molecule has 3 aromatic rings. The van der Waals surface area contributed by atoms with Crippen molar-refractivity contribution in [1.29, 1.82) is 0 Å². The van der Waals surface area contributed by atoms with E-state index in [9.17, 15) is 13.6 Å². The zero-order valence-electron chi connectivity index (χ0n) is 13.4. The van der Waals surface area contributed by atoms with Crippen molar-refractivity contribution in [2.24, 2.45) is 0 Å². The van der Waals surface area contributed by atoms with Gasteiger partial charge in [0.15, 0.2) is 17.3 Å². The van der Waals surface area contributed by atoms with Crippen LogP contribution in [-0.4, -0.2) is 25.5 Å². The zero-order chi connectivity index (χ0) is 18.1. The SMILES string of the molecule is Cc1nn(Cn2ccc(C(=O)Nc3ccc(F)c(F)c3)n2)c(C)c1Br. The summed E-state index contributed by atoms with van der Waals surface area (Å²) in [4.78, 5) is 12.2. The maximum Gasteiger partial charge on any atom is 0.276 e. The Bertz CT molecular complexity index is 950. The molecule has 6 nitrogen and oxygen atoms in total. The van der Waals surface area contributed by atoms with Gasteiger partial charge >= 0.3 is 0 Å². The fraction of sp³-hybridized carbons (Fsp3) is 0.188. The maximum atomic E-state index is 13.2. The van der Waals surface area contributed by atoms with Crippen LogP contribution in [0.25, 0.3) is 0 Å². The highest BCUT2D eigenvalue weighted by molar-refractivity contribution is 9.10. The third kappa shape index (κ3) is 3.60. The van der Waals surface area contributed by atoms with Gasteiger partial charge in [-0.3, -0.25) is 9.48 Å². The lowest BCUT2D eigenvalue weighted by molar-refractivity contribution is 0.102. The Labute approximate surface area is 150 Å². The van der Waals surface area contributed by atoms with Gasteiger partial charge in [0.05, 0.1) is 15.9 Å². The number of carbonyl (C=O) groups is 1. The predicted molar refractivity (Wildman–Crippen MR) is 91.3 cm³/mol. The number of hydrogen-bond acceptors (Lipinski definition) is 3. The van der Waals surface area contributed by atoms with Gasteiger partial charge in [-0.2, -0.15) is 10.2 Å². The topological polar surface area (TPSA) is 64.7 Å². The molecule has 0 aliphatic heterocycles. The molecule has 130 valence electrons. The lowest BCUT2D eigenvalue weighted by atomic mass is 10.3. The van der Waals surface area contributed by atoms with Crippen molar-refractivity contribution in [3.63, 3.8) is 0 Å². The van der Waals surface area contributed by atoms with E-state index >= 15 is 0 Å². The van der Waals surface area contributed by atoms with Gasteiger partial charge in [0.1, 0.15) is 6.67 Å². The van der Waals surface area contributed by atoms with Crippen LogP contribution in [0.2, 0.25) is 0 Å². The number of amides is 1. The van der Waals surface area contributed by atoms with Crippen LogP contribution < -0.4 is 5.32 Å². The van der Waals surface area contributed by atoms with E-state index in [-0.39, 0.29) is 11.4 Å². The molecule has 0 atom stereocenters. The first kappa shape index (κ1) is 17.3. The van der Waals surface area contributed by atoms with Crippen LogP contribution in [0.3, 0.4) is 0 Å². The minimum atomic E-state index is -1.03. The van der Waals surface area contributed by atoms with E-state index in [1.165, 1.54) is 12.1 Å². The first-order valence-electron chi connectivity index (χ1n) is 7.34. The van der Waals surface area contributed by atoms with Gasteiger partial charge in [-0.15, -0.1) is 0 Å². The molecule has 1 amide bonds. The molecule has 2 aromatic heterocycles. The minimum absolute atomic E-state index is 0.154. The molecule has 0 aliphatic carbocycles. The van der Waals surface area contributed by atoms with E-state index in [1.807, 2.05) is 13.8 Å². The minimum Gasteiger partial charge on any atom is -0.320 e. The van der Waals surface area contributed by atoms with Crippen molar-refractivity contribution in [2.45, 2.75) is 20.5 Å². The quantitative estimate of drug-likeness (QED) is 0.716. The Morgan fingerprint density at radius 1 is 1.20 bits per heavy atom. The number of carbonyl (C=O) groups excluding carboxylic acids is 1. The average Bonchev–Trinajstić information content (AvgIpc) is 3.13. The largest absolute Gasteiger partial charge is 0.320 e. The van der Waals surface area contributed by atoms with E-state index < -0.39 is 17.5 Å². The summed E-state index contributed by atoms with van der Waals surface area (Å²) in [5.74, 6) is -2.52. The van der Waals surface area contributed by atoms with Crippen LogP contribution >= 0.6 is 15.9 Å². The molecule has 0 unspecified atom stereocenters. The number of halogens is 3. The van der Waals surface area contributed by atoms with Crippen LogP contribution in [0.1, 0.15) is 21.9 Å². The Hall–Kier alpha value is -2.55. The second-order valence-electron chi connectivity index (χ2n) is 5.45. The molecule has 9 heteroatoms. The van der Waals surface area contributed by atoms with Crippen molar-refractivity contribution in [1.82, 2.24) is 19.6 Å². The molecule has 0 saturated carbocycles. The second-order valence-corrected chi connectivity index (χ2v) is 6.24. The summed E-state index contributed by atoms with van der Waals surface area (Å²) < 4.78 is 30.4. The zero-order valence-corrected chi connectivity index (χ0v) is 15.0. The number of anilines is 1. The van der Waals surface area contributed by atoms with Crippen molar-refractivity contribution in [3.8, 4) is 0 Å². The summed E-state index contributed by atoms with van der Waals surface area (Å²) in [7, 11) is 0. The van der Waals surface area contributed by atoms with E-state index in [0.717, 1.165) is 28.0 Å². The highest BCUT2D eigenvalue weighted by Gasteiger charge is 2.13. The molecule has 0 radical (unpaired) electrons. The summed E-state index contributed by atoms with van der Waals surface area (Å²) in [5.41, 5.74) is 2.12. The third-order valence-electron chi connectivity index (χ3n) is 3.62. The molecule has 0 spiro atoms. The number of nitrogens with one attached hydrogen (secondary N) is 1. The van der Waals surface area contributed by atoms with Crippen LogP contribution in [0.5, 0.6) is 0 Å². The van der Waals surface area contributed by atoms with Gasteiger partial charge in [-0.1, -0.05) is 0 Å². The number of hydrogen-bond donors (Lipinski definition) is 1. The van der Waals surface area contributed by atoms with Crippen molar-refractivity contribution >= 4 is 27.5 Å². The molecule has 1 aromatic carbocycles. The van der Waals surface area contributed by atoms with Crippen molar-refractivity contribution in [2.75, 3.05) is 5.32 Å². The number of aromatic nitrogens is 4. The molecule has 1 N–H and O–H groups in total.